The number of alkyl carbamates (subject to hydrolysis) is 1. The molecule has 0 heterocycles. The fraction of sp³-hybridized carbons (Fsp3) is 0.721. The van der Waals surface area contributed by atoms with E-state index in [9.17, 15) is 19.2 Å². The predicted molar refractivity (Wildman–Crippen MR) is 248 cm³/mol. The van der Waals surface area contributed by atoms with Gasteiger partial charge in [0.1, 0.15) is 23.7 Å². The van der Waals surface area contributed by atoms with Crippen LogP contribution < -0.4 is 42.5 Å². The van der Waals surface area contributed by atoms with Crippen LogP contribution in [0.15, 0.2) is 24.3 Å². The molecule has 3 atom stereocenters. The number of benzene rings is 1. The highest BCUT2D eigenvalue weighted by molar-refractivity contribution is 7.80. The van der Waals surface area contributed by atoms with Gasteiger partial charge in [-0.15, -0.1) is 0 Å². The summed E-state index contributed by atoms with van der Waals surface area (Å²) in [5.41, 5.74) is 0.994. The van der Waals surface area contributed by atoms with E-state index in [1.807, 2.05) is 52.0 Å². The summed E-state index contributed by atoms with van der Waals surface area (Å²) in [6.07, 6.45) is 1.38. The van der Waals surface area contributed by atoms with Crippen LogP contribution in [0, 0.1) is 35.5 Å². The summed E-state index contributed by atoms with van der Waals surface area (Å²) >= 11 is 11.0. The molecule has 4 amide bonds. The van der Waals surface area contributed by atoms with E-state index < -0.39 is 29.8 Å². The molecular formula is C43H78N8O5S2. The van der Waals surface area contributed by atoms with Crippen molar-refractivity contribution in [3.05, 3.63) is 24.3 Å². The number of hydrogen-bond acceptors (Lipinski definition) is 7. The third-order valence-corrected chi connectivity index (χ3v) is 8.27. The van der Waals surface area contributed by atoms with Crippen LogP contribution in [0.1, 0.15) is 123 Å². The lowest BCUT2D eigenvalue weighted by atomic mass is 10.0. The molecule has 0 radical (unpaired) electrons. The van der Waals surface area contributed by atoms with E-state index in [0.717, 1.165) is 11.4 Å². The van der Waals surface area contributed by atoms with Crippen LogP contribution in [0.2, 0.25) is 0 Å². The van der Waals surface area contributed by atoms with E-state index in [4.69, 9.17) is 29.2 Å². The summed E-state index contributed by atoms with van der Waals surface area (Å²) in [7, 11) is 0. The molecule has 1 aromatic rings. The number of nitrogens with one attached hydrogen (secondary N) is 8. The molecule has 13 nitrogen and oxygen atoms in total. The zero-order valence-electron chi connectivity index (χ0n) is 38.1. The summed E-state index contributed by atoms with van der Waals surface area (Å²) in [5, 5.41) is 24.9. The molecule has 0 unspecified atom stereocenters. The molecule has 0 fully saturated rings. The maximum Gasteiger partial charge on any atom is 0.408 e. The number of carbonyl (C=O) groups excluding carboxylic acids is 4. The number of carbonyl (C=O) groups is 4. The number of thiocarbonyl (C=S) groups is 2. The van der Waals surface area contributed by atoms with Gasteiger partial charge in [-0.25, -0.2) is 4.79 Å². The summed E-state index contributed by atoms with van der Waals surface area (Å²) < 4.78 is 5.20. The van der Waals surface area contributed by atoms with Crippen LogP contribution >= 0.6 is 24.4 Å². The maximum absolute atomic E-state index is 12.6. The van der Waals surface area contributed by atoms with Crippen LogP contribution in [-0.2, 0) is 19.1 Å². The van der Waals surface area contributed by atoms with Crippen molar-refractivity contribution in [1.82, 2.24) is 31.9 Å². The van der Waals surface area contributed by atoms with Crippen molar-refractivity contribution in [2.24, 2.45) is 35.5 Å². The van der Waals surface area contributed by atoms with Crippen LogP contribution in [0.25, 0.3) is 0 Å². The van der Waals surface area contributed by atoms with Crippen molar-refractivity contribution in [3.8, 4) is 0 Å². The van der Waals surface area contributed by atoms with Crippen LogP contribution in [0.4, 0.5) is 16.2 Å². The zero-order chi connectivity index (χ0) is 44.7. The number of ether oxygens (including phenoxy) is 1. The molecule has 0 aliphatic carbocycles. The van der Waals surface area contributed by atoms with Gasteiger partial charge in [0.25, 0.3) is 0 Å². The lowest BCUT2D eigenvalue weighted by Gasteiger charge is -2.24. The summed E-state index contributed by atoms with van der Waals surface area (Å²) in [5.74, 6) is 1.85. The Balaban J connectivity index is 0.00000137. The highest BCUT2D eigenvalue weighted by Gasteiger charge is 2.26. The van der Waals surface area contributed by atoms with Crippen LogP contribution in [0.5, 0.6) is 0 Å². The first-order valence-corrected chi connectivity index (χ1v) is 21.7. The van der Waals surface area contributed by atoms with E-state index in [-0.39, 0.29) is 17.7 Å². The Bertz CT molecular complexity index is 1340. The summed E-state index contributed by atoms with van der Waals surface area (Å²) in [6.45, 7) is 31.9. The van der Waals surface area contributed by atoms with E-state index in [2.05, 4.69) is 97.9 Å². The smallest absolute Gasteiger partial charge is 0.408 e. The first kappa shape index (κ1) is 54.3. The van der Waals surface area contributed by atoms with Crippen molar-refractivity contribution >= 4 is 69.9 Å². The van der Waals surface area contributed by atoms with Gasteiger partial charge in [0.2, 0.25) is 17.7 Å². The molecule has 332 valence electrons. The second-order valence-corrected chi connectivity index (χ2v) is 19.2. The van der Waals surface area contributed by atoms with Crippen LogP contribution in [-0.4, -0.2) is 77.4 Å². The highest BCUT2D eigenvalue weighted by Crippen LogP contribution is 2.15. The fourth-order valence-electron chi connectivity index (χ4n) is 5.13. The van der Waals surface area contributed by atoms with Gasteiger partial charge < -0.3 is 47.3 Å². The molecule has 0 spiro atoms. The maximum atomic E-state index is 12.6. The highest BCUT2D eigenvalue weighted by atomic mass is 32.1. The molecule has 8 N–H and O–H groups in total. The van der Waals surface area contributed by atoms with Gasteiger partial charge in [-0.3, -0.25) is 14.4 Å². The third kappa shape index (κ3) is 27.8. The van der Waals surface area contributed by atoms with Crippen molar-refractivity contribution in [3.63, 3.8) is 0 Å². The number of hydrogen-bond donors (Lipinski definition) is 8. The minimum atomic E-state index is -0.569. The van der Waals surface area contributed by atoms with Gasteiger partial charge in [-0.1, -0.05) is 83.1 Å². The van der Waals surface area contributed by atoms with Gasteiger partial charge in [0.15, 0.2) is 10.2 Å². The fourth-order valence-corrected chi connectivity index (χ4v) is 5.65. The van der Waals surface area contributed by atoms with Gasteiger partial charge in [0, 0.05) is 31.0 Å². The Morgan fingerprint density at radius 2 is 0.776 bits per heavy atom. The first-order valence-electron chi connectivity index (χ1n) is 20.8. The Kier molecular flexibility index (Phi) is 26.1. The first-order chi connectivity index (χ1) is 26.8. The number of rotatable bonds is 20. The molecular weight excluding hydrogens is 773 g/mol. The van der Waals surface area contributed by atoms with Crippen molar-refractivity contribution in [2.45, 2.75) is 147 Å². The molecule has 1 aromatic carbocycles. The van der Waals surface area contributed by atoms with Crippen molar-refractivity contribution in [2.75, 3.05) is 30.3 Å². The largest absolute Gasteiger partial charge is 0.444 e. The normalized spacial score (nSPS) is 12.9. The number of anilines is 2. The second-order valence-electron chi connectivity index (χ2n) is 18.4. The van der Waals surface area contributed by atoms with E-state index >= 15 is 0 Å². The zero-order valence-corrected chi connectivity index (χ0v) is 39.7. The molecule has 58 heavy (non-hydrogen) atoms. The van der Waals surface area contributed by atoms with E-state index in [1.54, 1.807) is 20.8 Å². The van der Waals surface area contributed by atoms with Gasteiger partial charge >= 0.3 is 6.09 Å². The Morgan fingerprint density at radius 3 is 1.02 bits per heavy atom. The topological polar surface area (TPSA) is 174 Å². The summed E-state index contributed by atoms with van der Waals surface area (Å²) in [6, 6.07) is 6.12. The van der Waals surface area contributed by atoms with Crippen LogP contribution in [0.3, 0.4) is 0 Å². The van der Waals surface area contributed by atoms with Gasteiger partial charge in [0.05, 0.1) is 0 Å². The molecule has 0 aliphatic rings. The third-order valence-electron chi connectivity index (χ3n) is 7.83. The second kappa shape index (κ2) is 27.9. The van der Waals surface area contributed by atoms with Crippen molar-refractivity contribution in [1.29, 1.82) is 0 Å². The SMILES string of the molecule is CC(C)CNC(=O)[C@H](CC(C)C)NC(=O)OC(C)(C)C.CC(C)CNC(=O)[C@H](CC(C)C)NC(=S)Nc1ccc(NC(=S)N[C@@H](CC(C)C)C(=O)NCC(C)C)cc1. The predicted octanol–water partition coefficient (Wildman–Crippen LogP) is 7.33. The summed E-state index contributed by atoms with van der Waals surface area (Å²) in [4.78, 5) is 49.2. The monoisotopic (exact) mass is 851 g/mol. The Labute approximate surface area is 361 Å². The molecule has 0 bridgehead atoms. The molecule has 0 saturated heterocycles. The quantitative estimate of drug-likeness (QED) is 0.0618. The number of amides is 4. The molecule has 0 saturated carbocycles. The molecule has 15 heteroatoms. The van der Waals surface area contributed by atoms with E-state index in [0.29, 0.717) is 84.6 Å². The van der Waals surface area contributed by atoms with E-state index in [1.165, 1.54) is 0 Å². The minimum Gasteiger partial charge on any atom is -0.444 e. The Morgan fingerprint density at radius 1 is 0.500 bits per heavy atom. The molecule has 1 rings (SSSR count). The van der Waals surface area contributed by atoms with Gasteiger partial charge in [-0.05, 0) is 124 Å². The average molecular weight is 851 g/mol. The van der Waals surface area contributed by atoms with Gasteiger partial charge in [-0.2, -0.15) is 0 Å². The molecule has 0 aliphatic heterocycles. The standard InChI is InChI=1S/C28H48N6O2S2.C15H30N2O3/c1-17(2)13-23(25(35)29-15-19(5)6)33-27(37)31-21-9-11-22(12-10-21)32-28(38)34-24(14-18(3)4)26(36)30-16-20(7)8;1-10(2)8-12(13(18)16-9-11(3)4)17-14(19)20-15(5,6)7/h9-12,17-20,23-24H,13-16H2,1-8H3,(H,29,35)(H,30,36)(H2,31,33,37)(H2,32,34,38);10-12H,8-9H2,1-7H3,(H,16,18)(H,17,19)/t23-,24-;12-/m00/s1. The lowest BCUT2D eigenvalue weighted by molar-refractivity contribution is -0.124. The lowest BCUT2D eigenvalue weighted by Crippen LogP contribution is -2.49. The Hall–Kier alpha value is -3.72. The average Bonchev–Trinajstić information content (AvgIpc) is 3.07. The minimum absolute atomic E-state index is 0.0502. The molecule has 0 aromatic heterocycles. The van der Waals surface area contributed by atoms with Crippen molar-refractivity contribution < 1.29 is 23.9 Å².